The number of nitrogens with one attached hydrogen (secondary N) is 1. The second-order valence-electron chi connectivity index (χ2n) is 7.34. The molecule has 118 valence electrons. The highest BCUT2D eigenvalue weighted by Crippen LogP contribution is 2.27. The van der Waals surface area contributed by atoms with Crippen LogP contribution in [0.15, 0.2) is 24.3 Å². The molecule has 1 aliphatic heterocycles. The number of likely N-dealkylation sites (N-methyl/N-ethyl adjacent to an activating group) is 1. The molecule has 1 heterocycles. The second-order valence-corrected chi connectivity index (χ2v) is 7.34. The molecule has 0 aliphatic carbocycles. The molecule has 1 aromatic rings. The van der Waals surface area contributed by atoms with Crippen LogP contribution in [0.4, 0.5) is 0 Å². The van der Waals surface area contributed by atoms with Crippen molar-refractivity contribution in [3.63, 3.8) is 0 Å². The summed E-state index contributed by atoms with van der Waals surface area (Å²) in [5.74, 6) is 0.632. The molecular weight excluding hydrogens is 258 g/mol. The van der Waals surface area contributed by atoms with E-state index in [0.29, 0.717) is 18.1 Å². The van der Waals surface area contributed by atoms with E-state index in [9.17, 15) is 0 Å². The summed E-state index contributed by atoms with van der Waals surface area (Å²) in [4.78, 5) is 0. The zero-order valence-electron chi connectivity index (χ0n) is 14.3. The molecule has 3 atom stereocenters. The highest BCUT2D eigenvalue weighted by atomic mass is 16.5. The summed E-state index contributed by atoms with van der Waals surface area (Å²) >= 11 is 0. The molecule has 21 heavy (non-hydrogen) atoms. The van der Waals surface area contributed by atoms with Crippen molar-refractivity contribution in [2.45, 2.75) is 65.0 Å². The van der Waals surface area contributed by atoms with Gasteiger partial charge in [-0.2, -0.15) is 0 Å². The van der Waals surface area contributed by atoms with Gasteiger partial charge in [0, 0.05) is 18.6 Å². The van der Waals surface area contributed by atoms with Crippen LogP contribution in [0.25, 0.3) is 0 Å². The predicted molar refractivity (Wildman–Crippen MR) is 89.8 cm³/mol. The minimum atomic E-state index is 0.230. The number of hydrogen-bond donors (Lipinski definition) is 1. The maximum absolute atomic E-state index is 5.75. The summed E-state index contributed by atoms with van der Waals surface area (Å²) in [6.45, 7) is 13.1. The maximum atomic E-state index is 5.75. The highest BCUT2D eigenvalue weighted by molar-refractivity contribution is 5.28. The Morgan fingerprint density at radius 2 is 1.90 bits per heavy atom. The molecule has 0 saturated carbocycles. The summed E-state index contributed by atoms with van der Waals surface area (Å²) < 4.78 is 5.75. The SMILES string of the molecule is CCNC(Cc1ccc(C(C)(C)C)cc1)C1CCOC1C. The third-order valence-corrected chi connectivity index (χ3v) is 4.69. The summed E-state index contributed by atoms with van der Waals surface area (Å²) in [6.07, 6.45) is 2.65. The standard InChI is InChI=1S/C19H31NO/c1-6-20-18(17-11-12-21-14(17)2)13-15-7-9-16(10-8-15)19(3,4)5/h7-10,14,17-18,20H,6,11-13H2,1-5H3. The lowest BCUT2D eigenvalue weighted by Crippen LogP contribution is -2.40. The first-order chi connectivity index (χ1) is 9.91. The van der Waals surface area contributed by atoms with Crippen molar-refractivity contribution in [2.75, 3.05) is 13.2 Å². The Morgan fingerprint density at radius 3 is 2.38 bits per heavy atom. The Hall–Kier alpha value is -0.860. The molecule has 0 aromatic heterocycles. The molecule has 0 radical (unpaired) electrons. The molecule has 1 aromatic carbocycles. The van der Waals surface area contributed by atoms with E-state index in [1.807, 2.05) is 0 Å². The molecule has 2 nitrogen and oxygen atoms in total. The molecule has 0 amide bonds. The van der Waals surface area contributed by atoms with Gasteiger partial charge in [0.2, 0.25) is 0 Å². The minimum absolute atomic E-state index is 0.230. The van der Waals surface area contributed by atoms with Crippen LogP contribution in [0, 0.1) is 5.92 Å². The molecule has 1 N–H and O–H groups in total. The van der Waals surface area contributed by atoms with Crippen molar-refractivity contribution >= 4 is 0 Å². The van der Waals surface area contributed by atoms with Gasteiger partial charge in [0.15, 0.2) is 0 Å². The maximum Gasteiger partial charge on any atom is 0.0590 e. The zero-order valence-corrected chi connectivity index (χ0v) is 14.3. The van der Waals surface area contributed by atoms with E-state index in [1.165, 1.54) is 17.5 Å². The Labute approximate surface area is 130 Å². The van der Waals surface area contributed by atoms with E-state index in [2.05, 4.69) is 64.2 Å². The fourth-order valence-corrected chi connectivity index (χ4v) is 3.31. The summed E-state index contributed by atoms with van der Waals surface area (Å²) in [7, 11) is 0. The van der Waals surface area contributed by atoms with Gasteiger partial charge in [-0.05, 0) is 42.9 Å². The molecule has 0 spiro atoms. The van der Waals surface area contributed by atoms with Gasteiger partial charge in [-0.1, -0.05) is 52.0 Å². The van der Waals surface area contributed by atoms with Crippen LogP contribution < -0.4 is 5.32 Å². The van der Waals surface area contributed by atoms with E-state index in [4.69, 9.17) is 4.74 Å². The van der Waals surface area contributed by atoms with Crippen LogP contribution in [0.2, 0.25) is 0 Å². The van der Waals surface area contributed by atoms with E-state index < -0.39 is 0 Å². The lowest BCUT2D eigenvalue weighted by Gasteiger charge is -2.27. The van der Waals surface area contributed by atoms with Gasteiger partial charge in [0.05, 0.1) is 6.10 Å². The smallest absolute Gasteiger partial charge is 0.0590 e. The fourth-order valence-electron chi connectivity index (χ4n) is 3.31. The van der Waals surface area contributed by atoms with Crippen molar-refractivity contribution < 1.29 is 4.74 Å². The third-order valence-electron chi connectivity index (χ3n) is 4.69. The third kappa shape index (κ3) is 4.31. The lowest BCUT2D eigenvalue weighted by molar-refractivity contribution is 0.0956. The zero-order chi connectivity index (χ0) is 15.5. The van der Waals surface area contributed by atoms with Crippen LogP contribution in [0.3, 0.4) is 0 Å². The average Bonchev–Trinajstić information content (AvgIpc) is 2.84. The quantitative estimate of drug-likeness (QED) is 0.887. The van der Waals surface area contributed by atoms with Crippen LogP contribution >= 0.6 is 0 Å². The van der Waals surface area contributed by atoms with Crippen molar-refractivity contribution in [3.05, 3.63) is 35.4 Å². The fraction of sp³-hybridized carbons (Fsp3) is 0.684. The molecule has 3 unspecified atom stereocenters. The van der Waals surface area contributed by atoms with Gasteiger partial charge in [0.25, 0.3) is 0 Å². The van der Waals surface area contributed by atoms with Gasteiger partial charge in [-0.15, -0.1) is 0 Å². The lowest BCUT2D eigenvalue weighted by atomic mass is 9.85. The van der Waals surface area contributed by atoms with Crippen LogP contribution in [0.1, 0.15) is 52.2 Å². The van der Waals surface area contributed by atoms with Gasteiger partial charge in [-0.3, -0.25) is 0 Å². The van der Waals surface area contributed by atoms with Crippen LogP contribution in [-0.4, -0.2) is 25.3 Å². The normalized spacial score (nSPS) is 24.2. The Morgan fingerprint density at radius 1 is 1.24 bits per heavy atom. The number of hydrogen-bond acceptors (Lipinski definition) is 2. The molecule has 1 saturated heterocycles. The number of ether oxygens (including phenoxy) is 1. The van der Waals surface area contributed by atoms with E-state index in [0.717, 1.165) is 19.6 Å². The Kier molecular flexibility index (Phi) is 5.45. The number of rotatable bonds is 5. The second kappa shape index (κ2) is 6.93. The molecule has 2 heteroatoms. The molecule has 1 fully saturated rings. The molecule has 1 aliphatic rings. The van der Waals surface area contributed by atoms with E-state index in [-0.39, 0.29) is 5.41 Å². The van der Waals surface area contributed by atoms with Gasteiger partial charge in [0.1, 0.15) is 0 Å². The average molecular weight is 289 g/mol. The predicted octanol–water partition coefficient (Wildman–Crippen LogP) is 3.93. The summed E-state index contributed by atoms with van der Waals surface area (Å²) in [6, 6.07) is 9.68. The van der Waals surface area contributed by atoms with Crippen molar-refractivity contribution in [1.82, 2.24) is 5.32 Å². The van der Waals surface area contributed by atoms with E-state index in [1.54, 1.807) is 0 Å². The van der Waals surface area contributed by atoms with Gasteiger partial charge < -0.3 is 10.1 Å². The Balaban J connectivity index is 2.06. The first kappa shape index (κ1) is 16.5. The van der Waals surface area contributed by atoms with Gasteiger partial charge in [-0.25, -0.2) is 0 Å². The summed E-state index contributed by atoms with van der Waals surface area (Å²) in [5.41, 5.74) is 3.06. The molecular formula is C19H31NO. The van der Waals surface area contributed by atoms with Crippen molar-refractivity contribution in [2.24, 2.45) is 5.92 Å². The largest absolute Gasteiger partial charge is 0.378 e. The topological polar surface area (TPSA) is 21.3 Å². The van der Waals surface area contributed by atoms with Crippen molar-refractivity contribution in [1.29, 1.82) is 0 Å². The number of benzene rings is 1. The Bertz CT molecular complexity index is 432. The first-order valence-electron chi connectivity index (χ1n) is 8.36. The monoisotopic (exact) mass is 289 g/mol. The molecule has 0 bridgehead atoms. The van der Waals surface area contributed by atoms with Crippen LogP contribution in [0.5, 0.6) is 0 Å². The van der Waals surface area contributed by atoms with Crippen molar-refractivity contribution in [3.8, 4) is 0 Å². The minimum Gasteiger partial charge on any atom is -0.378 e. The first-order valence-corrected chi connectivity index (χ1v) is 8.36. The highest BCUT2D eigenvalue weighted by Gasteiger charge is 2.31. The van der Waals surface area contributed by atoms with Crippen LogP contribution in [-0.2, 0) is 16.6 Å². The van der Waals surface area contributed by atoms with E-state index >= 15 is 0 Å². The molecule has 2 rings (SSSR count). The summed E-state index contributed by atoms with van der Waals surface area (Å²) in [5, 5.41) is 3.67. The van der Waals surface area contributed by atoms with Gasteiger partial charge >= 0.3 is 0 Å².